The van der Waals surface area contributed by atoms with Crippen molar-refractivity contribution in [1.82, 2.24) is 10.6 Å². The summed E-state index contributed by atoms with van der Waals surface area (Å²) in [5, 5.41) is 18.0. The Morgan fingerprint density at radius 1 is 1.31 bits per heavy atom. The molecule has 0 aliphatic rings. The zero-order chi connectivity index (χ0) is 21.1. The number of guanidine groups is 1. The van der Waals surface area contributed by atoms with Crippen molar-refractivity contribution in [3.63, 3.8) is 0 Å². The minimum absolute atomic E-state index is 0.0606. The molecule has 7 nitrogen and oxygen atoms in total. The third kappa shape index (κ3) is 7.52. The average molecular weight is 438 g/mol. The summed E-state index contributed by atoms with van der Waals surface area (Å²) < 4.78 is 30.4. The van der Waals surface area contributed by atoms with Gasteiger partial charge in [-0.3, -0.25) is 0 Å². The fourth-order valence-corrected chi connectivity index (χ4v) is 4.96. The second-order valence-corrected chi connectivity index (χ2v) is 9.36. The monoisotopic (exact) mass is 437 g/mol. The smallest absolute Gasteiger partial charge is 0.191 e. The first kappa shape index (κ1) is 22.9. The Morgan fingerprint density at radius 2 is 2.10 bits per heavy atom. The first-order chi connectivity index (χ1) is 14.0. The lowest BCUT2D eigenvalue weighted by Gasteiger charge is -2.15. The summed E-state index contributed by atoms with van der Waals surface area (Å²) >= 11 is 1.14. The van der Waals surface area contributed by atoms with Crippen LogP contribution in [0, 0.1) is 0 Å². The van der Waals surface area contributed by atoms with Crippen molar-refractivity contribution >= 4 is 27.1 Å². The van der Waals surface area contributed by atoms with Crippen LogP contribution >= 0.6 is 11.3 Å². The molecule has 0 fully saturated rings. The number of aliphatic hydroxyl groups is 1. The quantitative estimate of drug-likeness (QED) is 0.283. The molecule has 0 bridgehead atoms. The van der Waals surface area contributed by atoms with Gasteiger partial charge in [0, 0.05) is 18.7 Å². The molecule has 0 aliphatic carbocycles. The lowest BCUT2D eigenvalue weighted by molar-refractivity contribution is 0.200. The van der Waals surface area contributed by atoms with Gasteiger partial charge in [0.1, 0.15) is 16.6 Å². The Morgan fingerprint density at radius 3 is 2.79 bits per heavy atom. The van der Waals surface area contributed by atoms with Crippen LogP contribution in [0.2, 0.25) is 0 Å². The number of sulfone groups is 1. The molecule has 1 aromatic carbocycles. The topological polar surface area (TPSA) is 100 Å². The van der Waals surface area contributed by atoms with E-state index in [4.69, 9.17) is 4.74 Å². The predicted molar refractivity (Wildman–Crippen MR) is 117 cm³/mol. The number of benzene rings is 1. The second kappa shape index (κ2) is 11.6. The number of para-hydroxylation sites is 1. The minimum Gasteiger partial charge on any atom is -0.489 e. The van der Waals surface area contributed by atoms with Gasteiger partial charge >= 0.3 is 0 Å². The van der Waals surface area contributed by atoms with E-state index in [0.717, 1.165) is 22.6 Å². The van der Waals surface area contributed by atoms with Gasteiger partial charge in [0.15, 0.2) is 15.8 Å². The van der Waals surface area contributed by atoms with Crippen molar-refractivity contribution in [3.8, 4) is 5.75 Å². The van der Waals surface area contributed by atoms with E-state index >= 15 is 0 Å². The Balaban J connectivity index is 1.96. The molecule has 0 saturated heterocycles. The number of aliphatic imine (C=N–C) groups is 1. The molecule has 3 N–H and O–H groups in total. The summed E-state index contributed by atoms with van der Waals surface area (Å²) in [5.74, 6) is 0.866. The average Bonchev–Trinajstić information content (AvgIpc) is 3.25. The highest BCUT2D eigenvalue weighted by molar-refractivity contribution is 7.93. The number of thiophene rings is 1. The van der Waals surface area contributed by atoms with Gasteiger partial charge in [-0.05, 0) is 24.4 Å². The van der Waals surface area contributed by atoms with E-state index in [-0.39, 0.29) is 16.5 Å². The van der Waals surface area contributed by atoms with Crippen LogP contribution in [0.25, 0.3) is 0 Å². The van der Waals surface area contributed by atoms with Crippen molar-refractivity contribution in [2.75, 3.05) is 25.4 Å². The van der Waals surface area contributed by atoms with E-state index in [1.807, 2.05) is 31.2 Å². The Hall–Kier alpha value is -2.36. The maximum absolute atomic E-state index is 12.3. The van der Waals surface area contributed by atoms with E-state index in [2.05, 4.69) is 22.2 Å². The molecule has 0 radical (unpaired) electrons. The standard InChI is InChI=1S/C20H27N3O4S2/c1-3-11-27-18-9-6-5-8-16(18)13-22-20(21-4-2)23-14-17(24)15-29(25,26)19-10-7-12-28-19/h3,5-10,12,17,24H,1,4,11,13-15H2,2H3,(H2,21,22,23). The molecular weight excluding hydrogens is 410 g/mol. The number of hydrogen-bond donors (Lipinski definition) is 3. The summed E-state index contributed by atoms with van der Waals surface area (Å²) in [7, 11) is -3.50. The van der Waals surface area contributed by atoms with Crippen LogP contribution in [0.4, 0.5) is 0 Å². The van der Waals surface area contributed by atoms with Crippen molar-refractivity contribution in [1.29, 1.82) is 0 Å². The molecule has 1 atom stereocenters. The molecule has 2 aromatic rings. The van der Waals surface area contributed by atoms with Gasteiger partial charge in [-0.2, -0.15) is 0 Å². The van der Waals surface area contributed by atoms with Crippen LogP contribution in [0.1, 0.15) is 12.5 Å². The zero-order valence-electron chi connectivity index (χ0n) is 16.4. The van der Waals surface area contributed by atoms with Crippen LogP contribution in [-0.4, -0.2) is 51.0 Å². The zero-order valence-corrected chi connectivity index (χ0v) is 18.0. The largest absolute Gasteiger partial charge is 0.489 e. The van der Waals surface area contributed by atoms with Crippen LogP contribution in [0.15, 0.2) is 63.6 Å². The number of rotatable bonds is 11. The first-order valence-corrected chi connectivity index (χ1v) is 11.8. The molecular formula is C20H27N3O4S2. The highest BCUT2D eigenvalue weighted by Crippen LogP contribution is 2.19. The fraction of sp³-hybridized carbons (Fsp3) is 0.350. The molecule has 0 amide bonds. The minimum atomic E-state index is -3.50. The fourth-order valence-electron chi connectivity index (χ4n) is 2.48. The molecule has 0 aliphatic heterocycles. The van der Waals surface area contributed by atoms with E-state index in [0.29, 0.717) is 25.7 Å². The Kier molecular flexibility index (Phi) is 9.17. The van der Waals surface area contributed by atoms with Gasteiger partial charge in [0.2, 0.25) is 0 Å². The second-order valence-electron chi connectivity index (χ2n) is 6.15. The number of nitrogens with zero attached hydrogens (tertiary/aromatic N) is 1. The maximum atomic E-state index is 12.3. The van der Waals surface area contributed by atoms with Gasteiger partial charge in [-0.15, -0.1) is 11.3 Å². The summed E-state index contributed by atoms with van der Waals surface area (Å²) in [5.41, 5.74) is 0.910. The first-order valence-electron chi connectivity index (χ1n) is 9.24. The van der Waals surface area contributed by atoms with Gasteiger partial charge in [-0.1, -0.05) is 36.9 Å². The van der Waals surface area contributed by atoms with E-state index in [1.165, 1.54) is 6.07 Å². The maximum Gasteiger partial charge on any atom is 0.191 e. The van der Waals surface area contributed by atoms with Gasteiger partial charge in [0.25, 0.3) is 0 Å². The SMILES string of the molecule is C=CCOc1ccccc1CN=C(NCC)NCC(O)CS(=O)(=O)c1cccs1. The van der Waals surface area contributed by atoms with Crippen molar-refractivity contribution in [2.45, 2.75) is 23.8 Å². The molecule has 0 spiro atoms. The highest BCUT2D eigenvalue weighted by Gasteiger charge is 2.20. The Bertz CT molecular complexity index is 896. The van der Waals surface area contributed by atoms with Crippen LogP contribution in [0.3, 0.4) is 0 Å². The molecule has 0 saturated carbocycles. The van der Waals surface area contributed by atoms with E-state index in [1.54, 1.807) is 17.5 Å². The molecule has 1 aromatic heterocycles. The third-order valence-corrected chi connectivity index (χ3v) is 7.08. The summed E-state index contributed by atoms with van der Waals surface area (Å²) in [6.45, 7) is 7.04. The van der Waals surface area contributed by atoms with Crippen molar-refractivity contribution in [3.05, 3.63) is 60.0 Å². The predicted octanol–water partition coefficient (Wildman–Crippen LogP) is 2.20. The summed E-state index contributed by atoms with van der Waals surface area (Å²) in [6.07, 6.45) is 0.617. The third-order valence-electron chi connectivity index (χ3n) is 3.80. The van der Waals surface area contributed by atoms with Crippen LogP contribution < -0.4 is 15.4 Å². The molecule has 1 unspecified atom stereocenters. The van der Waals surface area contributed by atoms with Gasteiger partial charge in [-0.25, -0.2) is 13.4 Å². The molecule has 1 heterocycles. The van der Waals surface area contributed by atoms with E-state index < -0.39 is 15.9 Å². The van der Waals surface area contributed by atoms with Crippen LogP contribution in [-0.2, 0) is 16.4 Å². The highest BCUT2D eigenvalue weighted by atomic mass is 32.2. The molecule has 158 valence electrons. The van der Waals surface area contributed by atoms with Gasteiger partial charge < -0.3 is 20.5 Å². The normalized spacial score (nSPS) is 13.0. The molecule has 9 heteroatoms. The lowest BCUT2D eigenvalue weighted by Crippen LogP contribution is -2.42. The molecule has 29 heavy (non-hydrogen) atoms. The number of hydrogen-bond acceptors (Lipinski definition) is 6. The van der Waals surface area contributed by atoms with Crippen LogP contribution in [0.5, 0.6) is 5.75 Å². The molecule has 2 rings (SSSR count). The number of ether oxygens (including phenoxy) is 1. The number of aliphatic hydroxyl groups excluding tert-OH is 1. The Labute approximate surface area is 176 Å². The summed E-state index contributed by atoms with van der Waals surface area (Å²) in [6, 6.07) is 10.8. The lowest BCUT2D eigenvalue weighted by atomic mass is 10.2. The van der Waals surface area contributed by atoms with Crippen molar-refractivity contribution < 1.29 is 18.3 Å². The number of nitrogens with one attached hydrogen (secondary N) is 2. The summed E-state index contributed by atoms with van der Waals surface area (Å²) in [4.78, 5) is 4.50. The van der Waals surface area contributed by atoms with Gasteiger partial charge in [0.05, 0.1) is 18.4 Å². The van der Waals surface area contributed by atoms with Crippen molar-refractivity contribution in [2.24, 2.45) is 4.99 Å². The van der Waals surface area contributed by atoms with E-state index in [9.17, 15) is 13.5 Å².